The minimum absolute atomic E-state index is 0.234. The molecule has 0 aliphatic heterocycles. The molecule has 0 radical (unpaired) electrons. The minimum atomic E-state index is -2.01. The minimum Gasteiger partial charge on any atom is -0.301 e. The van der Waals surface area contributed by atoms with E-state index in [0.29, 0.717) is 5.78 Å². The smallest absolute Gasteiger partial charge is 0.234 e. The number of nitrogens with zero attached hydrogens (tertiary/aromatic N) is 3. The van der Waals surface area contributed by atoms with Crippen LogP contribution < -0.4 is 0 Å². The number of rotatable bonds is 1. The Kier molecular flexibility index (Phi) is 1.63. The van der Waals surface area contributed by atoms with Crippen LogP contribution in [-0.2, 0) is 11.1 Å². The lowest BCUT2D eigenvalue weighted by Gasteiger charge is -1.93. The Bertz CT molecular complexity index is 439. The Labute approximate surface area is 70.4 Å². The van der Waals surface area contributed by atoms with Crippen molar-refractivity contribution < 1.29 is 8.76 Å². The Morgan fingerprint density at radius 3 is 3.08 bits per heavy atom. The molecular weight excluding hydrogens is 178 g/mol. The van der Waals surface area contributed by atoms with Crippen molar-refractivity contribution in [1.29, 1.82) is 0 Å². The van der Waals surface area contributed by atoms with Crippen LogP contribution in [0.1, 0.15) is 0 Å². The van der Waals surface area contributed by atoms with E-state index >= 15 is 0 Å². The van der Waals surface area contributed by atoms with Gasteiger partial charge in [0.15, 0.2) is 5.03 Å². The molecule has 1 N–H and O–H groups in total. The van der Waals surface area contributed by atoms with Crippen molar-refractivity contribution in [2.24, 2.45) is 0 Å². The largest absolute Gasteiger partial charge is 0.301 e. The third-order valence-electron chi connectivity index (χ3n) is 1.43. The molecule has 1 atom stereocenters. The Balaban J connectivity index is 2.79. The number of imidazole rings is 1. The van der Waals surface area contributed by atoms with Crippen molar-refractivity contribution in [1.82, 2.24) is 14.4 Å². The first kappa shape index (κ1) is 7.38. The molecule has 0 aliphatic rings. The lowest BCUT2D eigenvalue weighted by atomic mass is 10.7. The van der Waals surface area contributed by atoms with Crippen LogP contribution in [0.25, 0.3) is 5.78 Å². The predicted octanol–water partition coefficient (Wildman–Crippen LogP) is 0.310. The molecule has 12 heavy (non-hydrogen) atoms. The van der Waals surface area contributed by atoms with E-state index in [2.05, 4.69) is 9.97 Å². The molecule has 2 aromatic heterocycles. The third kappa shape index (κ3) is 1.01. The molecule has 0 saturated heterocycles. The van der Waals surface area contributed by atoms with Crippen molar-refractivity contribution >= 4 is 16.9 Å². The fourth-order valence-corrected chi connectivity index (χ4v) is 1.39. The van der Waals surface area contributed by atoms with Gasteiger partial charge in [-0.15, -0.1) is 0 Å². The first-order valence-corrected chi connectivity index (χ1v) is 4.28. The molecule has 6 heteroatoms. The first-order valence-electron chi connectivity index (χ1n) is 3.18. The highest BCUT2D eigenvalue weighted by Crippen LogP contribution is 2.05. The molecule has 0 aromatic carbocycles. The summed E-state index contributed by atoms with van der Waals surface area (Å²) in [7, 11) is 0. The average molecular weight is 183 g/mol. The van der Waals surface area contributed by atoms with Crippen LogP contribution >= 0.6 is 0 Å². The van der Waals surface area contributed by atoms with Gasteiger partial charge in [-0.1, -0.05) is 0 Å². The van der Waals surface area contributed by atoms with E-state index in [0.717, 1.165) is 0 Å². The van der Waals surface area contributed by atoms with E-state index < -0.39 is 11.1 Å². The molecule has 0 amide bonds. The summed E-state index contributed by atoms with van der Waals surface area (Å²) in [5, 5.41) is 0.234. The van der Waals surface area contributed by atoms with Crippen LogP contribution in [0.15, 0.2) is 29.7 Å². The van der Waals surface area contributed by atoms with Crippen molar-refractivity contribution in [2.45, 2.75) is 5.03 Å². The van der Waals surface area contributed by atoms with E-state index in [1.807, 2.05) is 0 Å². The quantitative estimate of drug-likeness (QED) is 0.646. The van der Waals surface area contributed by atoms with Crippen LogP contribution in [0, 0.1) is 0 Å². The fraction of sp³-hybridized carbons (Fsp3) is 0. The second-order valence-corrected chi connectivity index (χ2v) is 3.05. The van der Waals surface area contributed by atoms with Gasteiger partial charge in [-0.2, -0.15) is 0 Å². The van der Waals surface area contributed by atoms with Crippen molar-refractivity contribution in [3.63, 3.8) is 0 Å². The standard InChI is InChI=1S/C6H5N3O2S/c10-12(11)5-4-8-6-7-2-1-3-9(5)6/h1-4H,(H,10,11). The van der Waals surface area contributed by atoms with Crippen molar-refractivity contribution in [3.05, 3.63) is 24.7 Å². The second kappa shape index (κ2) is 2.65. The zero-order valence-electron chi connectivity index (χ0n) is 5.91. The van der Waals surface area contributed by atoms with E-state index in [1.54, 1.807) is 18.5 Å². The molecule has 62 valence electrons. The van der Waals surface area contributed by atoms with Gasteiger partial charge in [0.1, 0.15) is 0 Å². The van der Waals surface area contributed by atoms with Gasteiger partial charge in [0, 0.05) is 12.4 Å². The van der Waals surface area contributed by atoms with Gasteiger partial charge < -0.3 is 4.55 Å². The summed E-state index contributed by atoms with van der Waals surface area (Å²) in [5.41, 5.74) is 0. The maximum absolute atomic E-state index is 10.7. The monoisotopic (exact) mass is 183 g/mol. The second-order valence-electron chi connectivity index (χ2n) is 2.14. The number of fused-ring (bicyclic) bond motifs is 1. The highest BCUT2D eigenvalue weighted by atomic mass is 32.2. The van der Waals surface area contributed by atoms with E-state index in [-0.39, 0.29) is 5.03 Å². The third-order valence-corrected chi connectivity index (χ3v) is 2.09. The molecule has 2 heterocycles. The zero-order valence-corrected chi connectivity index (χ0v) is 6.73. The first-order chi connectivity index (χ1) is 5.79. The number of aromatic nitrogens is 3. The van der Waals surface area contributed by atoms with Crippen LogP contribution in [0.5, 0.6) is 0 Å². The lowest BCUT2D eigenvalue weighted by molar-refractivity contribution is 0.559. The molecule has 5 nitrogen and oxygen atoms in total. The van der Waals surface area contributed by atoms with Gasteiger partial charge in [-0.3, -0.25) is 4.40 Å². The van der Waals surface area contributed by atoms with Crippen LogP contribution in [0.3, 0.4) is 0 Å². The number of hydrogen-bond acceptors (Lipinski definition) is 3. The Morgan fingerprint density at radius 2 is 2.33 bits per heavy atom. The van der Waals surface area contributed by atoms with Gasteiger partial charge in [0.25, 0.3) is 0 Å². The molecule has 0 aliphatic carbocycles. The maximum Gasteiger partial charge on any atom is 0.234 e. The summed E-state index contributed by atoms with van der Waals surface area (Å²) >= 11 is -2.01. The summed E-state index contributed by atoms with van der Waals surface area (Å²) in [6.45, 7) is 0. The molecule has 0 fully saturated rings. The van der Waals surface area contributed by atoms with E-state index in [1.165, 1.54) is 10.6 Å². The highest BCUT2D eigenvalue weighted by molar-refractivity contribution is 7.79. The Hall–Kier alpha value is -1.27. The van der Waals surface area contributed by atoms with E-state index in [9.17, 15) is 4.21 Å². The van der Waals surface area contributed by atoms with Crippen molar-refractivity contribution in [3.8, 4) is 0 Å². The summed E-state index contributed by atoms with van der Waals surface area (Å²) in [4.78, 5) is 7.73. The average Bonchev–Trinajstić information content (AvgIpc) is 2.47. The molecule has 0 bridgehead atoms. The predicted molar refractivity (Wildman–Crippen MR) is 42.0 cm³/mol. The Morgan fingerprint density at radius 1 is 1.50 bits per heavy atom. The normalized spacial score (nSPS) is 13.4. The topological polar surface area (TPSA) is 67.5 Å². The highest BCUT2D eigenvalue weighted by Gasteiger charge is 2.06. The van der Waals surface area contributed by atoms with Gasteiger partial charge >= 0.3 is 0 Å². The van der Waals surface area contributed by atoms with Crippen molar-refractivity contribution in [2.75, 3.05) is 0 Å². The summed E-state index contributed by atoms with van der Waals surface area (Å²) in [5.74, 6) is 0.426. The summed E-state index contributed by atoms with van der Waals surface area (Å²) < 4.78 is 21.0. The summed E-state index contributed by atoms with van der Waals surface area (Å²) in [6, 6.07) is 1.67. The van der Waals surface area contributed by atoms with Gasteiger partial charge in [-0.05, 0) is 6.07 Å². The molecule has 2 rings (SSSR count). The van der Waals surface area contributed by atoms with Gasteiger partial charge in [-0.25, -0.2) is 14.2 Å². The molecule has 0 spiro atoms. The van der Waals surface area contributed by atoms with Gasteiger partial charge in [0.05, 0.1) is 6.20 Å². The SMILES string of the molecule is O=S(O)c1cnc2ncccn12. The zero-order chi connectivity index (χ0) is 8.55. The molecular formula is C6H5N3O2S. The van der Waals surface area contributed by atoms with Gasteiger partial charge in [0.2, 0.25) is 16.9 Å². The van der Waals surface area contributed by atoms with E-state index in [4.69, 9.17) is 4.55 Å². The molecule has 0 saturated carbocycles. The lowest BCUT2D eigenvalue weighted by Crippen LogP contribution is -1.95. The fourth-order valence-electron chi connectivity index (χ4n) is 0.935. The molecule has 1 unspecified atom stereocenters. The van der Waals surface area contributed by atoms with Crippen LogP contribution in [-0.4, -0.2) is 23.1 Å². The van der Waals surface area contributed by atoms with Crippen LogP contribution in [0.4, 0.5) is 0 Å². The maximum atomic E-state index is 10.7. The van der Waals surface area contributed by atoms with Crippen LogP contribution in [0.2, 0.25) is 0 Å². The number of hydrogen-bond donors (Lipinski definition) is 1. The summed E-state index contributed by atoms with van der Waals surface area (Å²) in [6.07, 6.45) is 4.55. The molecule has 2 aromatic rings.